The Labute approximate surface area is 140 Å². The molecule has 3 heterocycles. The van der Waals surface area contributed by atoms with Crippen molar-refractivity contribution in [1.29, 1.82) is 0 Å². The van der Waals surface area contributed by atoms with Crippen LogP contribution in [0.15, 0.2) is 42.5 Å². The standard InChI is InChI=1S/C17H13FN4OS/c1-9-2-5-15(24-9)13-8-16(22-21-13)20-17(23)14-7-10-6-11(18)3-4-12(10)19-14/h2-8,19H,1H3,(H2,20,21,22,23). The number of thiophene rings is 1. The zero-order chi connectivity index (χ0) is 16.7. The second kappa shape index (κ2) is 5.61. The van der Waals surface area contributed by atoms with Crippen LogP contribution in [0.2, 0.25) is 0 Å². The number of hydrogen-bond donors (Lipinski definition) is 3. The summed E-state index contributed by atoms with van der Waals surface area (Å²) in [5.41, 5.74) is 1.91. The molecule has 0 fully saturated rings. The number of fused-ring (bicyclic) bond motifs is 1. The number of halogens is 1. The van der Waals surface area contributed by atoms with Gasteiger partial charge in [0.25, 0.3) is 5.91 Å². The summed E-state index contributed by atoms with van der Waals surface area (Å²) in [7, 11) is 0. The third-order valence-corrected chi connectivity index (χ3v) is 4.69. The Morgan fingerprint density at radius 3 is 2.88 bits per heavy atom. The van der Waals surface area contributed by atoms with Gasteiger partial charge in [0.1, 0.15) is 11.5 Å². The molecular weight excluding hydrogens is 327 g/mol. The fraction of sp³-hybridized carbons (Fsp3) is 0.0588. The number of carbonyl (C=O) groups excluding carboxylic acids is 1. The Balaban J connectivity index is 1.56. The first-order chi connectivity index (χ1) is 11.6. The molecule has 0 unspecified atom stereocenters. The maximum atomic E-state index is 13.2. The average Bonchev–Trinajstić information content (AvgIpc) is 3.25. The molecule has 0 aliphatic rings. The summed E-state index contributed by atoms with van der Waals surface area (Å²) in [4.78, 5) is 17.6. The van der Waals surface area contributed by atoms with Crippen LogP contribution in [-0.4, -0.2) is 21.1 Å². The van der Waals surface area contributed by atoms with Crippen LogP contribution in [0.25, 0.3) is 21.5 Å². The molecule has 1 aromatic carbocycles. The molecule has 3 N–H and O–H groups in total. The topological polar surface area (TPSA) is 73.6 Å². The second-order valence-corrected chi connectivity index (χ2v) is 6.73. The highest BCUT2D eigenvalue weighted by molar-refractivity contribution is 7.15. The first kappa shape index (κ1) is 14.6. The number of benzene rings is 1. The van der Waals surface area contributed by atoms with E-state index in [-0.39, 0.29) is 11.7 Å². The van der Waals surface area contributed by atoms with Crippen molar-refractivity contribution in [2.75, 3.05) is 5.32 Å². The number of rotatable bonds is 3. The summed E-state index contributed by atoms with van der Waals surface area (Å²) in [6, 6.07) is 11.8. The number of anilines is 1. The number of hydrogen-bond acceptors (Lipinski definition) is 3. The van der Waals surface area contributed by atoms with E-state index in [4.69, 9.17) is 0 Å². The van der Waals surface area contributed by atoms with Gasteiger partial charge in [0, 0.05) is 21.8 Å². The molecular formula is C17H13FN4OS. The highest BCUT2D eigenvalue weighted by atomic mass is 32.1. The van der Waals surface area contributed by atoms with Gasteiger partial charge in [0.15, 0.2) is 5.82 Å². The summed E-state index contributed by atoms with van der Waals surface area (Å²) in [6.07, 6.45) is 0. The highest BCUT2D eigenvalue weighted by Gasteiger charge is 2.13. The molecule has 4 rings (SSSR count). The SMILES string of the molecule is Cc1ccc(-c2cc(NC(=O)c3cc4cc(F)ccc4[nH]3)n[nH]2)s1. The lowest BCUT2D eigenvalue weighted by Crippen LogP contribution is -2.12. The van der Waals surface area contributed by atoms with Crippen LogP contribution >= 0.6 is 11.3 Å². The summed E-state index contributed by atoms with van der Waals surface area (Å²) in [5, 5.41) is 10.4. The highest BCUT2D eigenvalue weighted by Crippen LogP contribution is 2.27. The largest absolute Gasteiger partial charge is 0.351 e. The fourth-order valence-corrected chi connectivity index (χ4v) is 3.33. The van der Waals surface area contributed by atoms with E-state index in [1.165, 1.54) is 17.0 Å². The van der Waals surface area contributed by atoms with E-state index in [0.29, 0.717) is 22.4 Å². The van der Waals surface area contributed by atoms with Crippen LogP contribution in [0.4, 0.5) is 10.2 Å². The number of aromatic amines is 2. The van der Waals surface area contributed by atoms with Crippen molar-refractivity contribution in [1.82, 2.24) is 15.2 Å². The molecule has 1 amide bonds. The maximum Gasteiger partial charge on any atom is 0.273 e. The van der Waals surface area contributed by atoms with Gasteiger partial charge >= 0.3 is 0 Å². The van der Waals surface area contributed by atoms with Gasteiger partial charge in [-0.1, -0.05) is 0 Å². The van der Waals surface area contributed by atoms with Crippen molar-refractivity contribution in [3.8, 4) is 10.6 Å². The van der Waals surface area contributed by atoms with Crippen LogP contribution in [0, 0.1) is 12.7 Å². The van der Waals surface area contributed by atoms with E-state index in [2.05, 4.69) is 20.5 Å². The molecule has 0 saturated carbocycles. The minimum atomic E-state index is -0.336. The maximum absolute atomic E-state index is 13.2. The van der Waals surface area contributed by atoms with Gasteiger partial charge < -0.3 is 10.3 Å². The average molecular weight is 340 g/mol. The Hall–Kier alpha value is -2.93. The molecule has 120 valence electrons. The van der Waals surface area contributed by atoms with Gasteiger partial charge in [-0.05, 0) is 43.3 Å². The molecule has 24 heavy (non-hydrogen) atoms. The van der Waals surface area contributed by atoms with Crippen molar-refractivity contribution in [2.24, 2.45) is 0 Å². The molecule has 0 radical (unpaired) electrons. The van der Waals surface area contributed by atoms with E-state index >= 15 is 0 Å². The summed E-state index contributed by atoms with van der Waals surface area (Å²) in [6.45, 7) is 2.03. The number of carbonyl (C=O) groups is 1. The second-order valence-electron chi connectivity index (χ2n) is 5.45. The van der Waals surface area contributed by atoms with Gasteiger partial charge in [-0.15, -0.1) is 11.3 Å². The molecule has 0 atom stereocenters. The lowest BCUT2D eigenvalue weighted by molar-refractivity contribution is 0.102. The molecule has 4 aromatic rings. The van der Waals surface area contributed by atoms with E-state index in [9.17, 15) is 9.18 Å². The van der Waals surface area contributed by atoms with Gasteiger partial charge in [-0.2, -0.15) is 5.10 Å². The van der Waals surface area contributed by atoms with Crippen LogP contribution in [0.3, 0.4) is 0 Å². The Bertz CT molecular complexity index is 1050. The monoisotopic (exact) mass is 340 g/mol. The number of H-pyrrole nitrogens is 2. The predicted molar refractivity (Wildman–Crippen MR) is 92.8 cm³/mol. The zero-order valence-corrected chi connectivity index (χ0v) is 13.5. The van der Waals surface area contributed by atoms with E-state index in [1.807, 2.05) is 19.1 Å². The van der Waals surface area contributed by atoms with Crippen molar-refractivity contribution >= 4 is 34.0 Å². The molecule has 7 heteroatoms. The molecule has 0 bridgehead atoms. The van der Waals surface area contributed by atoms with Crippen LogP contribution in [0.5, 0.6) is 0 Å². The van der Waals surface area contributed by atoms with E-state index in [0.717, 1.165) is 10.6 Å². The summed E-state index contributed by atoms with van der Waals surface area (Å²) < 4.78 is 13.2. The number of amides is 1. The van der Waals surface area contributed by atoms with Crippen molar-refractivity contribution < 1.29 is 9.18 Å². The van der Waals surface area contributed by atoms with Crippen LogP contribution in [0.1, 0.15) is 15.4 Å². The molecule has 0 aliphatic heterocycles. The number of aromatic nitrogens is 3. The minimum absolute atomic E-state index is 0.327. The molecule has 5 nitrogen and oxygen atoms in total. The Morgan fingerprint density at radius 1 is 1.21 bits per heavy atom. The van der Waals surface area contributed by atoms with E-state index < -0.39 is 0 Å². The summed E-state index contributed by atoms with van der Waals surface area (Å²) in [5.74, 6) is -0.227. The molecule has 0 spiro atoms. The van der Waals surface area contributed by atoms with Gasteiger partial charge in [0.2, 0.25) is 0 Å². The number of nitrogens with zero attached hydrogens (tertiary/aromatic N) is 1. The van der Waals surface area contributed by atoms with Crippen LogP contribution in [-0.2, 0) is 0 Å². The van der Waals surface area contributed by atoms with Gasteiger partial charge in [-0.3, -0.25) is 9.89 Å². The zero-order valence-electron chi connectivity index (χ0n) is 12.7. The lowest BCUT2D eigenvalue weighted by atomic mass is 10.2. The Morgan fingerprint density at radius 2 is 2.08 bits per heavy atom. The van der Waals surface area contributed by atoms with Crippen molar-refractivity contribution in [3.05, 3.63) is 58.9 Å². The third kappa shape index (κ3) is 2.69. The summed E-state index contributed by atoms with van der Waals surface area (Å²) >= 11 is 1.65. The normalized spacial score (nSPS) is 11.1. The Kier molecular flexibility index (Phi) is 3.42. The van der Waals surface area contributed by atoms with E-state index in [1.54, 1.807) is 29.5 Å². The van der Waals surface area contributed by atoms with Crippen LogP contribution < -0.4 is 5.32 Å². The molecule has 0 aliphatic carbocycles. The smallest absolute Gasteiger partial charge is 0.273 e. The minimum Gasteiger partial charge on any atom is -0.351 e. The fourth-order valence-electron chi connectivity index (χ4n) is 2.50. The molecule has 3 aromatic heterocycles. The predicted octanol–water partition coefficient (Wildman–Crippen LogP) is 4.32. The quantitative estimate of drug-likeness (QED) is 0.520. The van der Waals surface area contributed by atoms with Crippen molar-refractivity contribution in [3.63, 3.8) is 0 Å². The first-order valence-corrected chi connectivity index (χ1v) is 8.12. The third-order valence-electron chi connectivity index (χ3n) is 3.65. The van der Waals surface area contributed by atoms with Gasteiger partial charge in [-0.25, -0.2) is 4.39 Å². The first-order valence-electron chi connectivity index (χ1n) is 7.30. The van der Waals surface area contributed by atoms with Crippen molar-refractivity contribution in [2.45, 2.75) is 6.92 Å². The van der Waals surface area contributed by atoms with Gasteiger partial charge in [0.05, 0.1) is 10.6 Å². The lowest BCUT2D eigenvalue weighted by Gasteiger charge is -1.97. The number of nitrogens with one attached hydrogen (secondary N) is 3. The number of aryl methyl sites for hydroxylation is 1. The molecule has 0 saturated heterocycles.